The molecule has 0 saturated carbocycles. The van der Waals surface area contributed by atoms with Gasteiger partial charge in [-0.05, 0) is 18.8 Å². The number of allylic oxidation sites excluding steroid dienone is 1. The number of hydrogen-bond acceptors (Lipinski definition) is 3. The van der Waals surface area contributed by atoms with Crippen LogP contribution >= 0.6 is 0 Å². The monoisotopic (exact) mass is 232 g/mol. The van der Waals surface area contributed by atoms with Gasteiger partial charge in [0.2, 0.25) is 0 Å². The van der Waals surface area contributed by atoms with Crippen molar-refractivity contribution in [3.8, 4) is 12.1 Å². The second-order valence-electron chi connectivity index (χ2n) is 5.51. The van der Waals surface area contributed by atoms with Crippen LogP contribution in [0.5, 0.6) is 0 Å². The molecule has 0 saturated heterocycles. The van der Waals surface area contributed by atoms with Crippen LogP contribution in [0, 0.1) is 39.4 Å². The smallest absolute Gasteiger partial charge is 0.150 e. The fourth-order valence-corrected chi connectivity index (χ4v) is 2.15. The van der Waals surface area contributed by atoms with E-state index in [1.807, 2.05) is 20.8 Å². The molecule has 0 aromatic rings. The van der Waals surface area contributed by atoms with Gasteiger partial charge in [-0.1, -0.05) is 26.8 Å². The molecule has 0 aromatic heterocycles. The first-order chi connectivity index (χ1) is 7.73. The maximum absolute atomic E-state index is 11.3. The third-order valence-corrected chi connectivity index (χ3v) is 3.00. The van der Waals surface area contributed by atoms with Crippen molar-refractivity contribution >= 4 is 5.78 Å². The van der Waals surface area contributed by atoms with E-state index in [4.69, 9.17) is 0 Å². The molecule has 1 unspecified atom stereocenters. The highest BCUT2D eigenvalue weighted by molar-refractivity contribution is 5.76. The number of nitrogens with zero attached hydrogens (tertiary/aromatic N) is 2. The molecule has 3 heteroatoms. The molecule has 0 fully saturated rings. The summed E-state index contributed by atoms with van der Waals surface area (Å²) in [5, 5.41) is 18.6. The van der Waals surface area contributed by atoms with Gasteiger partial charge in [0.05, 0.1) is 12.1 Å². The summed E-state index contributed by atoms with van der Waals surface area (Å²) < 4.78 is 0. The zero-order valence-corrected chi connectivity index (χ0v) is 11.1. The summed E-state index contributed by atoms with van der Waals surface area (Å²) in [6, 6.07) is 4.19. The second-order valence-corrected chi connectivity index (χ2v) is 5.51. The van der Waals surface area contributed by atoms with Crippen LogP contribution in [0.1, 0.15) is 40.5 Å². The van der Waals surface area contributed by atoms with Gasteiger partial charge < -0.3 is 4.79 Å². The van der Waals surface area contributed by atoms with E-state index in [1.54, 1.807) is 6.08 Å². The number of nitriles is 2. The first-order valence-corrected chi connectivity index (χ1v) is 5.66. The minimum Gasteiger partial charge on any atom is -0.300 e. The number of Topliss-reactive ketones (excluding diaryl/α,β-unsaturated/α-hetero) is 1. The Hall–Kier alpha value is -1.61. The van der Waals surface area contributed by atoms with Gasteiger partial charge in [-0.3, -0.25) is 0 Å². The number of rotatable bonds is 5. The van der Waals surface area contributed by atoms with Crippen molar-refractivity contribution in [3.63, 3.8) is 0 Å². The van der Waals surface area contributed by atoms with Gasteiger partial charge in [0.25, 0.3) is 0 Å². The highest BCUT2D eigenvalue weighted by Gasteiger charge is 2.45. The summed E-state index contributed by atoms with van der Waals surface area (Å²) in [6.45, 7) is 10.9. The average Bonchev–Trinajstić information content (AvgIpc) is 2.21. The highest BCUT2D eigenvalue weighted by Crippen LogP contribution is 2.44. The predicted octanol–water partition coefficient (Wildman–Crippen LogP) is 3.24. The standard InChI is InChI=1S/C14H20N2O/c1-6-7-14(9-15,10-16)12(8-11(2)17)13(3,4)5/h6,12H,1,7-8H2,2-5H3. The van der Waals surface area contributed by atoms with E-state index >= 15 is 0 Å². The van der Waals surface area contributed by atoms with Crippen molar-refractivity contribution in [2.45, 2.75) is 40.5 Å². The summed E-state index contributed by atoms with van der Waals surface area (Å²) >= 11 is 0. The Kier molecular flexibility index (Phi) is 5.10. The SMILES string of the molecule is C=CCC(C#N)(C#N)C(CC(C)=O)C(C)(C)C. The molecule has 0 amide bonds. The third-order valence-electron chi connectivity index (χ3n) is 3.00. The van der Waals surface area contributed by atoms with Crippen molar-refractivity contribution in [2.75, 3.05) is 0 Å². The lowest BCUT2D eigenvalue weighted by atomic mass is 9.62. The largest absolute Gasteiger partial charge is 0.300 e. The normalized spacial score (nSPS) is 13.3. The van der Waals surface area contributed by atoms with Crippen LogP contribution < -0.4 is 0 Å². The summed E-state index contributed by atoms with van der Waals surface area (Å²) in [6.07, 6.45) is 2.11. The maximum atomic E-state index is 11.3. The van der Waals surface area contributed by atoms with Crippen molar-refractivity contribution in [2.24, 2.45) is 16.7 Å². The molecule has 0 radical (unpaired) electrons. The van der Waals surface area contributed by atoms with Crippen LogP contribution in [0.3, 0.4) is 0 Å². The number of carbonyl (C=O) groups excluding carboxylic acids is 1. The van der Waals surface area contributed by atoms with Crippen LogP contribution in [0.15, 0.2) is 12.7 Å². The average molecular weight is 232 g/mol. The minimum atomic E-state index is -1.16. The zero-order chi connectivity index (χ0) is 13.7. The molecule has 0 heterocycles. The molecule has 0 bridgehead atoms. The fourth-order valence-electron chi connectivity index (χ4n) is 2.15. The number of hydrogen-bond donors (Lipinski definition) is 0. The molecule has 0 aliphatic carbocycles. The predicted molar refractivity (Wildman–Crippen MR) is 66.7 cm³/mol. The van der Waals surface area contributed by atoms with Gasteiger partial charge in [0, 0.05) is 12.3 Å². The van der Waals surface area contributed by atoms with E-state index in [1.165, 1.54) is 6.92 Å². The Balaban J connectivity index is 5.55. The van der Waals surface area contributed by atoms with E-state index in [0.29, 0.717) is 0 Å². The molecule has 17 heavy (non-hydrogen) atoms. The number of ketones is 1. The first kappa shape index (κ1) is 15.4. The minimum absolute atomic E-state index is 0.00358. The zero-order valence-electron chi connectivity index (χ0n) is 11.1. The lowest BCUT2D eigenvalue weighted by Crippen LogP contribution is -2.38. The maximum Gasteiger partial charge on any atom is 0.150 e. The van der Waals surface area contributed by atoms with Crippen molar-refractivity contribution < 1.29 is 4.79 Å². The molecule has 0 aromatic carbocycles. The van der Waals surface area contributed by atoms with Crippen molar-refractivity contribution in [1.82, 2.24) is 0 Å². The molecule has 92 valence electrons. The van der Waals surface area contributed by atoms with Gasteiger partial charge >= 0.3 is 0 Å². The van der Waals surface area contributed by atoms with Gasteiger partial charge in [-0.15, -0.1) is 6.58 Å². The summed E-state index contributed by atoms with van der Waals surface area (Å²) in [5.41, 5.74) is -1.44. The summed E-state index contributed by atoms with van der Waals surface area (Å²) in [5.74, 6) is -0.288. The van der Waals surface area contributed by atoms with E-state index in [2.05, 4.69) is 18.7 Å². The van der Waals surface area contributed by atoms with Crippen LogP contribution in [0.2, 0.25) is 0 Å². The molecule has 3 nitrogen and oxygen atoms in total. The van der Waals surface area contributed by atoms with E-state index < -0.39 is 5.41 Å². The Morgan fingerprint density at radius 2 is 1.82 bits per heavy atom. The quantitative estimate of drug-likeness (QED) is 0.683. The first-order valence-electron chi connectivity index (χ1n) is 5.66. The van der Waals surface area contributed by atoms with E-state index in [-0.39, 0.29) is 30.0 Å². The van der Waals surface area contributed by atoms with Crippen LogP contribution in [0.25, 0.3) is 0 Å². The Labute approximate surface area is 104 Å². The topological polar surface area (TPSA) is 64.7 Å². The molecule has 1 atom stereocenters. The molecular formula is C14H20N2O. The van der Waals surface area contributed by atoms with Crippen molar-refractivity contribution in [3.05, 3.63) is 12.7 Å². The number of carbonyl (C=O) groups is 1. The molecule has 0 N–H and O–H groups in total. The summed E-state index contributed by atoms with van der Waals surface area (Å²) in [7, 11) is 0. The molecule has 0 rings (SSSR count). The van der Waals surface area contributed by atoms with Gasteiger partial charge in [-0.25, -0.2) is 0 Å². The van der Waals surface area contributed by atoms with Gasteiger partial charge in [0.1, 0.15) is 5.78 Å². The molecule has 0 spiro atoms. The molecule has 0 aliphatic rings. The van der Waals surface area contributed by atoms with Crippen LogP contribution in [0.4, 0.5) is 0 Å². The van der Waals surface area contributed by atoms with Gasteiger partial charge in [-0.2, -0.15) is 10.5 Å². The molecule has 0 aliphatic heterocycles. The Bertz CT molecular complexity index is 362. The molecular weight excluding hydrogens is 212 g/mol. The van der Waals surface area contributed by atoms with Crippen molar-refractivity contribution in [1.29, 1.82) is 10.5 Å². The van der Waals surface area contributed by atoms with Crippen LogP contribution in [-0.4, -0.2) is 5.78 Å². The Morgan fingerprint density at radius 1 is 1.35 bits per heavy atom. The third kappa shape index (κ3) is 3.71. The second kappa shape index (κ2) is 5.64. The Morgan fingerprint density at radius 3 is 2.06 bits per heavy atom. The van der Waals surface area contributed by atoms with E-state index in [9.17, 15) is 15.3 Å². The fraction of sp³-hybridized carbons (Fsp3) is 0.643. The lowest BCUT2D eigenvalue weighted by Gasteiger charge is -2.37. The van der Waals surface area contributed by atoms with Gasteiger partial charge in [0.15, 0.2) is 5.41 Å². The van der Waals surface area contributed by atoms with Crippen LogP contribution in [-0.2, 0) is 4.79 Å². The summed E-state index contributed by atoms with van der Waals surface area (Å²) in [4.78, 5) is 11.3. The highest BCUT2D eigenvalue weighted by atomic mass is 16.1. The lowest BCUT2D eigenvalue weighted by molar-refractivity contribution is -0.119. The van der Waals surface area contributed by atoms with E-state index in [0.717, 1.165) is 0 Å².